The molecule has 0 radical (unpaired) electrons. The number of piperidine rings is 1. The normalized spacial score (nSPS) is 15.2. The Kier molecular flexibility index (Phi) is 4.04. The quantitative estimate of drug-likeness (QED) is 0.868. The maximum atomic E-state index is 12.4. The molecular weight excluding hydrogens is 262 g/mol. The lowest BCUT2D eigenvalue weighted by molar-refractivity contribution is 0.0724. The maximum absolute atomic E-state index is 12.4. The van der Waals surface area contributed by atoms with E-state index in [0.717, 1.165) is 43.9 Å². The number of likely N-dealkylation sites (tertiary alicyclic amines) is 1. The third kappa shape index (κ3) is 3.15. The highest BCUT2D eigenvalue weighted by Crippen LogP contribution is 2.14. The second-order valence-electron chi connectivity index (χ2n) is 5.65. The van der Waals surface area contributed by atoms with Crippen LogP contribution < -0.4 is 0 Å². The summed E-state index contributed by atoms with van der Waals surface area (Å²) in [4.78, 5) is 18.6. The molecule has 0 N–H and O–H groups in total. The fraction of sp³-hybridized carbons (Fsp3) is 0.412. The number of hydrogen-bond acceptors (Lipinski definition) is 2. The minimum absolute atomic E-state index is 0.167. The average Bonchev–Trinajstić information content (AvgIpc) is 2.93. The Labute approximate surface area is 125 Å². The van der Waals surface area contributed by atoms with Gasteiger partial charge in [-0.15, -0.1) is 0 Å². The summed E-state index contributed by atoms with van der Waals surface area (Å²) in [6.07, 6.45) is 7.28. The number of carbonyl (C=O) groups is 1. The molecule has 1 aliphatic rings. The molecule has 0 atom stereocenters. The van der Waals surface area contributed by atoms with E-state index in [0.29, 0.717) is 0 Å². The fourth-order valence-corrected chi connectivity index (χ4v) is 2.80. The Morgan fingerprint density at radius 2 is 1.86 bits per heavy atom. The smallest absolute Gasteiger partial charge is 0.253 e. The van der Waals surface area contributed by atoms with Gasteiger partial charge in [-0.25, -0.2) is 4.98 Å². The molecule has 4 heteroatoms. The fourth-order valence-electron chi connectivity index (χ4n) is 2.80. The molecule has 1 saturated heterocycles. The van der Waals surface area contributed by atoms with Crippen LogP contribution in [0, 0.1) is 6.92 Å². The number of carbonyl (C=O) groups excluding carboxylic acids is 1. The molecule has 2 aromatic rings. The molecule has 1 aliphatic heterocycles. The van der Waals surface area contributed by atoms with Crippen molar-refractivity contribution in [3.63, 3.8) is 0 Å². The van der Waals surface area contributed by atoms with Gasteiger partial charge in [0.15, 0.2) is 0 Å². The number of amides is 1. The summed E-state index contributed by atoms with van der Waals surface area (Å²) in [6.45, 7) is 4.59. The van der Waals surface area contributed by atoms with Crippen molar-refractivity contribution in [3.05, 3.63) is 53.6 Å². The topological polar surface area (TPSA) is 38.1 Å². The van der Waals surface area contributed by atoms with Crippen LogP contribution >= 0.6 is 0 Å². The number of nitrogens with zero attached hydrogens (tertiary/aromatic N) is 3. The Morgan fingerprint density at radius 3 is 2.48 bits per heavy atom. The van der Waals surface area contributed by atoms with Gasteiger partial charge in [0, 0.05) is 37.6 Å². The molecule has 0 saturated carbocycles. The van der Waals surface area contributed by atoms with Crippen LogP contribution in [0.2, 0.25) is 0 Å². The monoisotopic (exact) mass is 283 g/mol. The van der Waals surface area contributed by atoms with Crippen LogP contribution in [0.3, 0.4) is 0 Å². The molecule has 1 aromatic heterocycles. The molecule has 0 bridgehead atoms. The average molecular weight is 283 g/mol. The van der Waals surface area contributed by atoms with E-state index in [4.69, 9.17) is 0 Å². The standard InChI is InChI=1S/C17H21N3O/c1-14-18-9-12-20(14)13-15-5-7-16(8-6-15)17(21)19-10-3-2-4-11-19/h5-9,12H,2-4,10-11,13H2,1H3. The first kappa shape index (κ1) is 13.9. The molecule has 1 aromatic carbocycles. The molecule has 21 heavy (non-hydrogen) atoms. The molecule has 1 amide bonds. The van der Waals surface area contributed by atoms with Crippen molar-refractivity contribution < 1.29 is 4.79 Å². The van der Waals surface area contributed by atoms with Crippen molar-refractivity contribution in [1.82, 2.24) is 14.5 Å². The lowest BCUT2D eigenvalue weighted by Gasteiger charge is -2.26. The van der Waals surface area contributed by atoms with E-state index in [1.54, 1.807) is 0 Å². The van der Waals surface area contributed by atoms with Gasteiger partial charge in [-0.3, -0.25) is 4.79 Å². The van der Waals surface area contributed by atoms with Gasteiger partial charge in [0.25, 0.3) is 5.91 Å². The first-order chi connectivity index (χ1) is 10.2. The Bertz CT molecular complexity index is 609. The molecule has 0 unspecified atom stereocenters. The summed E-state index contributed by atoms with van der Waals surface area (Å²) < 4.78 is 2.10. The van der Waals surface area contributed by atoms with Crippen LogP contribution in [0.4, 0.5) is 0 Å². The minimum Gasteiger partial charge on any atom is -0.339 e. The van der Waals surface area contributed by atoms with Gasteiger partial charge in [-0.2, -0.15) is 0 Å². The number of imidazole rings is 1. The summed E-state index contributed by atoms with van der Waals surface area (Å²) >= 11 is 0. The molecule has 110 valence electrons. The van der Waals surface area contributed by atoms with Crippen molar-refractivity contribution in [2.24, 2.45) is 0 Å². The minimum atomic E-state index is 0.167. The summed E-state index contributed by atoms with van der Waals surface area (Å²) in [7, 11) is 0. The third-order valence-electron chi connectivity index (χ3n) is 4.12. The van der Waals surface area contributed by atoms with Crippen LogP contribution in [0.15, 0.2) is 36.7 Å². The first-order valence-electron chi connectivity index (χ1n) is 7.60. The molecule has 1 fully saturated rings. The van der Waals surface area contributed by atoms with E-state index >= 15 is 0 Å². The second kappa shape index (κ2) is 6.12. The lowest BCUT2D eigenvalue weighted by atomic mass is 10.1. The summed E-state index contributed by atoms with van der Waals surface area (Å²) in [6, 6.07) is 7.96. The molecular formula is C17H21N3O. The van der Waals surface area contributed by atoms with Crippen LogP contribution in [-0.4, -0.2) is 33.4 Å². The zero-order valence-corrected chi connectivity index (χ0v) is 12.5. The predicted octanol–water partition coefficient (Wildman–Crippen LogP) is 2.87. The predicted molar refractivity (Wildman–Crippen MR) is 82.3 cm³/mol. The Balaban J connectivity index is 1.68. The van der Waals surface area contributed by atoms with E-state index in [9.17, 15) is 4.79 Å². The molecule has 2 heterocycles. The maximum Gasteiger partial charge on any atom is 0.253 e. The van der Waals surface area contributed by atoms with Crippen molar-refractivity contribution >= 4 is 5.91 Å². The number of aromatic nitrogens is 2. The van der Waals surface area contributed by atoms with Gasteiger partial charge in [0.2, 0.25) is 0 Å². The van der Waals surface area contributed by atoms with Crippen molar-refractivity contribution in [2.75, 3.05) is 13.1 Å². The number of aryl methyl sites for hydroxylation is 1. The second-order valence-corrected chi connectivity index (χ2v) is 5.65. The Morgan fingerprint density at radius 1 is 1.14 bits per heavy atom. The van der Waals surface area contributed by atoms with E-state index in [2.05, 4.69) is 9.55 Å². The summed E-state index contributed by atoms with van der Waals surface area (Å²) in [5.41, 5.74) is 1.98. The van der Waals surface area contributed by atoms with Gasteiger partial charge in [-0.05, 0) is 43.9 Å². The highest BCUT2D eigenvalue weighted by Gasteiger charge is 2.17. The van der Waals surface area contributed by atoms with Gasteiger partial charge in [-0.1, -0.05) is 12.1 Å². The van der Waals surface area contributed by atoms with E-state index in [-0.39, 0.29) is 5.91 Å². The first-order valence-corrected chi connectivity index (χ1v) is 7.60. The van der Waals surface area contributed by atoms with Crippen molar-refractivity contribution in [2.45, 2.75) is 32.7 Å². The van der Waals surface area contributed by atoms with E-state index < -0.39 is 0 Å². The van der Waals surface area contributed by atoms with Gasteiger partial charge in [0.1, 0.15) is 5.82 Å². The Hall–Kier alpha value is -2.10. The van der Waals surface area contributed by atoms with Crippen molar-refractivity contribution in [3.8, 4) is 0 Å². The SMILES string of the molecule is Cc1nccn1Cc1ccc(C(=O)N2CCCCC2)cc1. The van der Waals surface area contributed by atoms with E-state index in [1.807, 2.05) is 48.5 Å². The van der Waals surface area contributed by atoms with Gasteiger partial charge >= 0.3 is 0 Å². The largest absolute Gasteiger partial charge is 0.339 e. The molecule has 0 aliphatic carbocycles. The van der Waals surface area contributed by atoms with Crippen LogP contribution in [0.5, 0.6) is 0 Å². The van der Waals surface area contributed by atoms with Crippen molar-refractivity contribution in [1.29, 1.82) is 0 Å². The van der Waals surface area contributed by atoms with Gasteiger partial charge in [0.05, 0.1) is 0 Å². The van der Waals surface area contributed by atoms with Crippen LogP contribution in [-0.2, 0) is 6.54 Å². The molecule has 4 nitrogen and oxygen atoms in total. The zero-order valence-electron chi connectivity index (χ0n) is 12.5. The van der Waals surface area contributed by atoms with Gasteiger partial charge < -0.3 is 9.47 Å². The number of rotatable bonds is 3. The highest BCUT2D eigenvalue weighted by atomic mass is 16.2. The zero-order chi connectivity index (χ0) is 14.7. The summed E-state index contributed by atoms with van der Waals surface area (Å²) in [5.74, 6) is 1.17. The van der Waals surface area contributed by atoms with E-state index in [1.165, 1.54) is 12.0 Å². The lowest BCUT2D eigenvalue weighted by Crippen LogP contribution is -2.35. The highest BCUT2D eigenvalue weighted by molar-refractivity contribution is 5.94. The van der Waals surface area contributed by atoms with Crippen LogP contribution in [0.25, 0.3) is 0 Å². The molecule has 0 spiro atoms. The number of benzene rings is 1. The third-order valence-corrected chi connectivity index (χ3v) is 4.12. The number of hydrogen-bond donors (Lipinski definition) is 0. The summed E-state index contributed by atoms with van der Waals surface area (Å²) in [5, 5.41) is 0. The van der Waals surface area contributed by atoms with Crippen LogP contribution in [0.1, 0.15) is 41.0 Å². The molecule has 3 rings (SSSR count).